The normalized spacial score (nSPS) is 11.2. The molecule has 0 saturated carbocycles. The van der Waals surface area contributed by atoms with Crippen LogP contribution in [0.1, 0.15) is 17.0 Å². The van der Waals surface area contributed by atoms with Crippen molar-refractivity contribution in [3.63, 3.8) is 0 Å². The van der Waals surface area contributed by atoms with Gasteiger partial charge in [-0.25, -0.2) is 9.18 Å². The number of halogens is 3. The van der Waals surface area contributed by atoms with E-state index < -0.39 is 29.5 Å². The van der Waals surface area contributed by atoms with Crippen molar-refractivity contribution >= 4 is 16.9 Å². The number of hydrogen-bond acceptors (Lipinski definition) is 1. The molecule has 0 spiro atoms. The summed E-state index contributed by atoms with van der Waals surface area (Å²) in [5.74, 6) is -2.39. The lowest BCUT2D eigenvalue weighted by atomic mass is 10.2. The highest BCUT2D eigenvalue weighted by molar-refractivity contribution is 5.94. The average molecular weight is 229 g/mol. The number of carboxylic acids is 1. The molecule has 1 N–H and O–H groups in total. The third-order valence-corrected chi connectivity index (χ3v) is 2.22. The van der Waals surface area contributed by atoms with Gasteiger partial charge in [0.05, 0.1) is 5.52 Å². The standard InChI is InChI=1S/C10H6F3NO2/c11-6-3-1-2-5-4-7(9(15)16)14(8(5)6)10(12)13/h1-4,10H,(H,15,16). The largest absolute Gasteiger partial charge is 0.477 e. The highest BCUT2D eigenvalue weighted by Gasteiger charge is 2.22. The van der Waals surface area contributed by atoms with E-state index in [1.165, 1.54) is 12.1 Å². The van der Waals surface area contributed by atoms with Gasteiger partial charge in [0.25, 0.3) is 0 Å². The van der Waals surface area contributed by atoms with E-state index in [4.69, 9.17) is 5.11 Å². The number of rotatable bonds is 2. The fourth-order valence-corrected chi connectivity index (χ4v) is 1.61. The molecule has 2 rings (SSSR count). The van der Waals surface area contributed by atoms with Crippen LogP contribution in [0.2, 0.25) is 0 Å². The predicted octanol–water partition coefficient (Wildman–Crippen LogP) is 2.87. The van der Waals surface area contributed by atoms with Crippen LogP contribution in [0.3, 0.4) is 0 Å². The number of para-hydroxylation sites is 1. The van der Waals surface area contributed by atoms with Crippen molar-refractivity contribution in [2.75, 3.05) is 0 Å². The molecule has 1 aromatic heterocycles. The second-order valence-electron chi connectivity index (χ2n) is 3.16. The molecule has 0 atom stereocenters. The van der Waals surface area contributed by atoms with Gasteiger partial charge in [0.1, 0.15) is 11.5 Å². The molecule has 0 saturated heterocycles. The molecule has 2 aromatic rings. The second kappa shape index (κ2) is 3.55. The van der Waals surface area contributed by atoms with Crippen LogP contribution in [-0.2, 0) is 0 Å². The number of benzene rings is 1. The smallest absolute Gasteiger partial charge is 0.352 e. The Bertz CT molecular complexity index is 562. The molecular weight excluding hydrogens is 223 g/mol. The summed E-state index contributed by atoms with van der Waals surface area (Å²) in [5.41, 5.74) is -1.02. The first kappa shape index (κ1) is 10.5. The first-order chi connectivity index (χ1) is 7.52. The van der Waals surface area contributed by atoms with Crippen molar-refractivity contribution < 1.29 is 23.1 Å². The van der Waals surface area contributed by atoms with E-state index >= 15 is 0 Å². The average Bonchev–Trinajstić information content (AvgIpc) is 2.58. The molecule has 84 valence electrons. The quantitative estimate of drug-likeness (QED) is 0.860. The molecule has 0 aliphatic carbocycles. The van der Waals surface area contributed by atoms with Crippen LogP contribution < -0.4 is 0 Å². The summed E-state index contributed by atoms with van der Waals surface area (Å²) in [5, 5.41) is 8.87. The fourth-order valence-electron chi connectivity index (χ4n) is 1.61. The van der Waals surface area contributed by atoms with Gasteiger partial charge in [-0.1, -0.05) is 12.1 Å². The van der Waals surface area contributed by atoms with E-state index in [-0.39, 0.29) is 9.95 Å². The number of carbonyl (C=O) groups is 1. The van der Waals surface area contributed by atoms with Gasteiger partial charge in [0.2, 0.25) is 0 Å². The molecule has 0 radical (unpaired) electrons. The number of hydrogen-bond donors (Lipinski definition) is 1. The van der Waals surface area contributed by atoms with Gasteiger partial charge < -0.3 is 5.11 Å². The summed E-state index contributed by atoms with van der Waals surface area (Å²) in [6, 6.07) is 4.74. The molecule has 0 bridgehead atoms. The molecule has 1 aromatic carbocycles. The number of aromatic carboxylic acids is 1. The first-order valence-electron chi connectivity index (χ1n) is 4.33. The van der Waals surface area contributed by atoms with E-state index in [0.717, 1.165) is 12.1 Å². The van der Waals surface area contributed by atoms with E-state index in [1.54, 1.807) is 0 Å². The van der Waals surface area contributed by atoms with Crippen molar-refractivity contribution in [2.45, 2.75) is 6.55 Å². The molecule has 0 aliphatic heterocycles. The van der Waals surface area contributed by atoms with Crippen molar-refractivity contribution in [3.05, 3.63) is 35.8 Å². The molecule has 0 aliphatic rings. The summed E-state index contributed by atoms with van der Waals surface area (Å²) in [4.78, 5) is 10.7. The van der Waals surface area contributed by atoms with Gasteiger partial charge in [-0.05, 0) is 12.1 Å². The lowest BCUT2D eigenvalue weighted by Crippen LogP contribution is -2.09. The molecule has 0 fully saturated rings. The molecule has 16 heavy (non-hydrogen) atoms. The monoisotopic (exact) mass is 229 g/mol. The van der Waals surface area contributed by atoms with Gasteiger partial charge in [-0.2, -0.15) is 8.78 Å². The Hall–Kier alpha value is -1.98. The summed E-state index contributed by atoms with van der Waals surface area (Å²) in [6.07, 6.45) is 0. The van der Waals surface area contributed by atoms with E-state index in [2.05, 4.69) is 0 Å². The summed E-state index contributed by atoms with van der Waals surface area (Å²) in [7, 11) is 0. The fraction of sp³-hybridized carbons (Fsp3) is 0.100. The van der Waals surface area contributed by atoms with E-state index in [0.29, 0.717) is 0 Å². The topological polar surface area (TPSA) is 42.2 Å². The number of fused-ring (bicyclic) bond motifs is 1. The molecule has 1 heterocycles. The maximum Gasteiger partial charge on any atom is 0.352 e. The molecule has 0 unspecified atom stereocenters. The number of aromatic nitrogens is 1. The Balaban J connectivity index is 2.88. The highest BCUT2D eigenvalue weighted by Crippen LogP contribution is 2.27. The number of carboxylic acid groups (broad SMARTS) is 1. The highest BCUT2D eigenvalue weighted by atomic mass is 19.3. The Labute approximate surface area is 87.7 Å². The van der Waals surface area contributed by atoms with Gasteiger partial charge in [-0.3, -0.25) is 4.57 Å². The Kier molecular flexibility index (Phi) is 2.34. The zero-order chi connectivity index (χ0) is 11.9. The van der Waals surface area contributed by atoms with Crippen molar-refractivity contribution in [1.82, 2.24) is 4.57 Å². The van der Waals surface area contributed by atoms with Crippen LogP contribution in [0.25, 0.3) is 10.9 Å². The van der Waals surface area contributed by atoms with Crippen molar-refractivity contribution in [3.8, 4) is 0 Å². The molecule has 3 nitrogen and oxygen atoms in total. The summed E-state index contributed by atoms with van der Waals surface area (Å²) < 4.78 is 38.8. The van der Waals surface area contributed by atoms with Crippen LogP contribution in [0.4, 0.5) is 13.2 Å². The van der Waals surface area contributed by atoms with Gasteiger partial charge >= 0.3 is 12.5 Å². The van der Waals surface area contributed by atoms with Crippen molar-refractivity contribution in [2.24, 2.45) is 0 Å². The number of nitrogens with zero attached hydrogens (tertiary/aromatic N) is 1. The Morgan fingerprint density at radius 3 is 2.62 bits per heavy atom. The van der Waals surface area contributed by atoms with Gasteiger partial charge in [0.15, 0.2) is 0 Å². The maximum atomic E-state index is 13.3. The van der Waals surface area contributed by atoms with Crippen LogP contribution in [0.15, 0.2) is 24.3 Å². The molecule has 0 amide bonds. The zero-order valence-corrected chi connectivity index (χ0v) is 7.82. The lowest BCUT2D eigenvalue weighted by Gasteiger charge is -2.06. The summed E-state index contributed by atoms with van der Waals surface area (Å²) in [6.45, 7) is -3.10. The third kappa shape index (κ3) is 1.42. The van der Waals surface area contributed by atoms with Gasteiger partial charge in [-0.15, -0.1) is 0 Å². The Morgan fingerprint density at radius 2 is 2.06 bits per heavy atom. The molecular formula is C10H6F3NO2. The van der Waals surface area contributed by atoms with E-state index in [1.807, 2.05) is 0 Å². The minimum absolute atomic E-state index is 0.137. The lowest BCUT2D eigenvalue weighted by molar-refractivity contribution is 0.0549. The van der Waals surface area contributed by atoms with Crippen LogP contribution in [-0.4, -0.2) is 15.6 Å². The first-order valence-corrected chi connectivity index (χ1v) is 4.33. The maximum absolute atomic E-state index is 13.3. The minimum Gasteiger partial charge on any atom is -0.477 e. The van der Waals surface area contributed by atoms with Crippen LogP contribution in [0.5, 0.6) is 0 Å². The van der Waals surface area contributed by atoms with Crippen molar-refractivity contribution in [1.29, 1.82) is 0 Å². The molecule has 6 heteroatoms. The minimum atomic E-state index is -3.10. The van der Waals surface area contributed by atoms with Gasteiger partial charge in [0, 0.05) is 5.39 Å². The summed E-state index contributed by atoms with van der Waals surface area (Å²) >= 11 is 0. The SMILES string of the molecule is O=C(O)c1cc2cccc(F)c2n1C(F)F. The zero-order valence-electron chi connectivity index (χ0n) is 7.82. The third-order valence-electron chi connectivity index (χ3n) is 2.22. The Morgan fingerprint density at radius 1 is 1.38 bits per heavy atom. The number of alkyl halides is 2. The van der Waals surface area contributed by atoms with Crippen LogP contribution >= 0.6 is 0 Å². The van der Waals surface area contributed by atoms with Crippen LogP contribution in [0, 0.1) is 5.82 Å². The van der Waals surface area contributed by atoms with E-state index in [9.17, 15) is 18.0 Å². The predicted molar refractivity (Wildman–Crippen MR) is 50.1 cm³/mol. The second-order valence-corrected chi connectivity index (χ2v) is 3.16.